The van der Waals surface area contributed by atoms with E-state index in [2.05, 4.69) is 23.1 Å². The number of carbonyl (C=O) groups is 1. The van der Waals surface area contributed by atoms with Crippen molar-refractivity contribution in [1.82, 2.24) is 9.80 Å². The highest BCUT2D eigenvalue weighted by Gasteiger charge is 2.45. The third kappa shape index (κ3) is 2.68. The number of nitrogens with zero attached hydrogens (tertiary/aromatic N) is 3. The van der Waals surface area contributed by atoms with Crippen molar-refractivity contribution in [3.05, 3.63) is 35.9 Å². The summed E-state index contributed by atoms with van der Waals surface area (Å²) in [6.07, 6.45) is 0.987. The molecule has 2 unspecified atom stereocenters. The summed E-state index contributed by atoms with van der Waals surface area (Å²) in [7, 11) is 0. The van der Waals surface area contributed by atoms with Gasteiger partial charge in [-0.2, -0.15) is 5.26 Å². The van der Waals surface area contributed by atoms with Gasteiger partial charge in [-0.3, -0.25) is 9.69 Å². The number of benzene rings is 1. The molecule has 2 fully saturated rings. The Morgan fingerprint density at radius 1 is 1.20 bits per heavy atom. The zero-order chi connectivity index (χ0) is 13.9. The maximum absolute atomic E-state index is 12.5. The van der Waals surface area contributed by atoms with Gasteiger partial charge in [-0.1, -0.05) is 30.3 Å². The number of amides is 1. The van der Waals surface area contributed by atoms with E-state index in [1.165, 1.54) is 5.56 Å². The number of rotatable bonds is 3. The molecule has 0 N–H and O–H groups in total. The van der Waals surface area contributed by atoms with Gasteiger partial charge < -0.3 is 4.90 Å². The predicted octanol–water partition coefficient (Wildman–Crippen LogP) is 1.46. The first kappa shape index (κ1) is 13.1. The second kappa shape index (κ2) is 5.64. The summed E-state index contributed by atoms with van der Waals surface area (Å²) >= 11 is 0. The minimum Gasteiger partial charge on any atom is -0.340 e. The van der Waals surface area contributed by atoms with Crippen LogP contribution >= 0.6 is 0 Å². The van der Waals surface area contributed by atoms with E-state index in [9.17, 15) is 4.79 Å². The molecular formula is C16H19N3O. The molecule has 1 amide bonds. The molecule has 0 spiro atoms. The topological polar surface area (TPSA) is 47.3 Å². The van der Waals surface area contributed by atoms with Crippen molar-refractivity contribution in [2.75, 3.05) is 32.7 Å². The van der Waals surface area contributed by atoms with Crippen LogP contribution in [-0.4, -0.2) is 48.4 Å². The predicted molar refractivity (Wildman–Crippen MR) is 75.9 cm³/mol. The molecule has 1 saturated heterocycles. The zero-order valence-corrected chi connectivity index (χ0v) is 11.5. The summed E-state index contributed by atoms with van der Waals surface area (Å²) in [5.41, 5.74) is 1.29. The van der Waals surface area contributed by atoms with Gasteiger partial charge in [-0.05, 0) is 17.9 Å². The minimum atomic E-state index is 0.180. The Morgan fingerprint density at radius 3 is 2.55 bits per heavy atom. The van der Waals surface area contributed by atoms with Gasteiger partial charge in [0.25, 0.3) is 0 Å². The Balaban J connectivity index is 1.53. The lowest BCUT2D eigenvalue weighted by Crippen LogP contribution is -2.49. The molecule has 2 atom stereocenters. The first-order chi connectivity index (χ1) is 9.79. The number of piperazine rings is 1. The highest BCUT2D eigenvalue weighted by molar-refractivity contribution is 5.83. The Bertz CT molecular complexity index is 514. The quantitative estimate of drug-likeness (QED) is 0.780. The third-order valence-electron chi connectivity index (χ3n) is 4.31. The SMILES string of the molecule is N#CCN1CCN(C(=O)C2CC2c2ccccc2)CC1. The number of hydrogen-bond acceptors (Lipinski definition) is 3. The van der Waals surface area contributed by atoms with Crippen LogP contribution in [-0.2, 0) is 4.79 Å². The molecule has 20 heavy (non-hydrogen) atoms. The molecular weight excluding hydrogens is 250 g/mol. The van der Waals surface area contributed by atoms with Crippen molar-refractivity contribution in [2.45, 2.75) is 12.3 Å². The number of carbonyl (C=O) groups excluding carboxylic acids is 1. The maximum Gasteiger partial charge on any atom is 0.226 e. The van der Waals surface area contributed by atoms with Crippen LogP contribution in [0.2, 0.25) is 0 Å². The van der Waals surface area contributed by atoms with Crippen LogP contribution in [0, 0.1) is 17.2 Å². The van der Waals surface area contributed by atoms with Gasteiger partial charge in [0, 0.05) is 32.1 Å². The van der Waals surface area contributed by atoms with E-state index in [1.807, 2.05) is 23.1 Å². The molecule has 1 aromatic rings. The van der Waals surface area contributed by atoms with Gasteiger partial charge >= 0.3 is 0 Å². The Kier molecular flexibility index (Phi) is 3.70. The van der Waals surface area contributed by atoms with Crippen molar-refractivity contribution >= 4 is 5.91 Å². The molecule has 4 heteroatoms. The summed E-state index contributed by atoms with van der Waals surface area (Å²) in [4.78, 5) is 16.5. The fraction of sp³-hybridized carbons (Fsp3) is 0.500. The van der Waals surface area contributed by atoms with Crippen molar-refractivity contribution in [2.24, 2.45) is 5.92 Å². The first-order valence-electron chi connectivity index (χ1n) is 7.22. The summed E-state index contributed by atoms with van der Waals surface area (Å²) in [5, 5.41) is 8.68. The van der Waals surface area contributed by atoms with Crippen LogP contribution in [0.4, 0.5) is 0 Å². The van der Waals surface area contributed by atoms with Crippen LogP contribution in [0.5, 0.6) is 0 Å². The summed E-state index contributed by atoms with van der Waals surface area (Å²) < 4.78 is 0. The van der Waals surface area contributed by atoms with Gasteiger partial charge in [-0.25, -0.2) is 0 Å². The fourth-order valence-electron chi connectivity index (χ4n) is 3.00. The van der Waals surface area contributed by atoms with E-state index in [1.54, 1.807) is 0 Å². The molecule has 1 aliphatic heterocycles. The Labute approximate surface area is 119 Å². The van der Waals surface area contributed by atoms with E-state index in [0.29, 0.717) is 18.4 Å². The summed E-state index contributed by atoms with van der Waals surface area (Å²) in [5.74, 6) is 0.899. The highest BCUT2D eigenvalue weighted by Crippen LogP contribution is 2.48. The molecule has 1 heterocycles. The molecule has 4 nitrogen and oxygen atoms in total. The lowest BCUT2D eigenvalue weighted by Gasteiger charge is -2.33. The van der Waals surface area contributed by atoms with E-state index < -0.39 is 0 Å². The van der Waals surface area contributed by atoms with Crippen LogP contribution in [0.1, 0.15) is 17.9 Å². The Hall–Kier alpha value is -1.86. The highest BCUT2D eigenvalue weighted by atomic mass is 16.2. The molecule has 0 bridgehead atoms. The van der Waals surface area contributed by atoms with Crippen molar-refractivity contribution in [3.63, 3.8) is 0 Å². The van der Waals surface area contributed by atoms with Crippen LogP contribution in [0.3, 0.4) is 0 Å². The summed E-state index contributed by atoms with van der Waals surface area (Å²) in [6, 6.07) is 12.5. The van der Waals surface area contributed by atoms with Gasteiger partial charge in [0.1, 0.15) is 0 Å². The molecule has 1 aromatic carbocycles. The van der Waals surface area contributed by atoms with E-state index in [4.69, 9.17) is 5.26 Å². The average Bonchev–Trinajstić information content (AvgIpc) is 3.29. The first-order valence-corrected chi connectivity index (χ1v) is 7.22. The van der Waals surface area contributed by atoms with Crippen molar-refractivity contribution in [3.8, 4) is 6.07 Å². The van der Waals surface area contributed by atoms with Crippen molar-refractivity contribution in [1.29, 1.82) is 5.26 Å². The zero-order valence-electron chi connectivity index (χ0n) is 11.5. The third-order valence-corrected chi connectivity index (χ3v) is 4.31. The van der Waals surface area contributed by atoms with Crippen LogP contribution in [0.25, 0.3) is 0 Å². The lowest BCUT2D eigenvalue weighted by molar-refractivity contribution is -0.134. The molecule has 0 radical (unpaired) electrons. The van der Waals surface area contributed by atoms with Crippen LogP contribution in [0.15, 0.2) is 30.3 Å². The van der Waals surface area contributed by atoms with Crippen molar-refractivity contribution < 1.29 is 4.79 Å². The molecule has 2 aliphatic rings. The molecule has 0 aromatic heterocycles. The monoisotopic (exact) mass is 269 g/mol. The average molecular weight is 269 g/mol. The van der Waals surface area contributed by atoms with Gasteiger partial charge in [0.2, 0.25) is 5.91 Å². The van der Waals surface area contributed by atoms with Gasteiger partial charge in [0.05, 0.1) is 12.6 Å². The molecule has 104 valence electrons. The largest absolute Gasteiger partial charge is 0.340 e. The molecule has 3 rings (SSSR count). The van der Waals surface area contributed by atoms with Crippen LogP contribution < -0.4 is 0 Å². The van der Waals surface area contributed by atoms with E-state index in [0.717, 1.165) is 32.6 Å². The fourth-order valence-corrected chi connectivity index (χ4v) is 3.00. The second-order valence-corrected chi connectivity index (χ2v) is 5.62. The van der Waals surface area contributed by atoms with Gasteiger partial charge in [0.15, 0.2) is 0 Å². The maximum atomic E-state index is 12.5. The standard InChI is InChI=1S/C16H19N3O/c17-6-7-18-8-10-19(11-9-18)16(20)15-12-14(15)13-4-2-1-3-5-13/h1-5,14-15H,7-12H2. The van der Waals surface area contributed by atoms with E-state index in [-0.39, 0.29) is 5.92 Å². The number of hydrogen-bond donors (Lipinski definition) is 0. The molecule has 1 saturated carbocycles. The minimum absolute atomic E-state index is 0.180. The summed E-state index contributed by atoms with van der Waals surface area (Å²) in [6.45, 7) is 3.64. The second-order valence-electron chi connectivity index (χ2n) is 5.62. The number of nitriles is 1. The molecule has 1 aliphatic carbocycles. The lowest BCUT2D eigenvalue weighted by atomic mass is 10.1. The van der Waals surface area contributed by atoms with E-state index >= 15 is 0 Å². The Morgan fingerprint density at radius 2 is 1.90 bits per heavy atom. The van der Waals surface area contributed by atoms with Gasteiger partial charge in [-0.15, -0.1) is 0 Å². The normalized spacial score (nSPS) is 26.1. The smallest absolute Gasteiger partial charge is 0.226 e.